The van der Waals surface area contributed by atoms with Crippen LogP contribution in [0.1, 0.15) is 57.1 Å². The van der Waals surface area contributed by atoms with Gasteiger partial charge in [0.05, 0.1) is 6.10 Å². The molecule has 0 amide bonds. The Bertz CT molecular complexity index is 390. The maximum Gasteiger partial charge on any atom is 0.0576 e. The van der Waals surface area contributed by atoms with Crippen LogP contribution in [0.15, 0.2) is 24.3 Å². The fourth-order valence-corrected chi connectivity index (χ4v) is 3.42. The predicted octanol–water partition coefficient (Wildman–Crippen LogP) is 4.68. The van der Waals surface area contributed by atoms with Crippen LogP contribution in [0.3, 0.4) is 0 Å². The van der Waals surface area contributed by atoms with E-state index in [1.807, 2.05) is 0 Å². The Labute approximate surface area is 136 Å². The summed E-state index contributed by atoms with van der Waals surface area (Å²) in [4.78, 5) is 0. The second kappa shape index (κ2) is 9.00. The van der Waals surface area contributed by atoms with Gasteiger partial charge in [-0.3, -0.25) is 0 Å². The van der Waals surface area contributed by atoms with Gasteiger partial charge in [0.25, 0.3) is 0 Å². The minimum atomic E-state index is 0.492. The van der Waals surface area contributed by atoms with Gasteiger partial charge >= 0.3 is 0 Å². The molecule has 1 fully saturated rings. The largest absolute Gasteiger partial charge is 0.378 e. The smallest absolute Gasteiger partial charge is 0.0576 e. The molecule has 0 spiro atoms. The van der Waals surface area contributed by atoms with Gasteiger partial charge in [0.15, 0.2) is 0 Å². The van der Waals surface area contributed by atoms with Gasteiger partial charge in [0.1, 0.15) is 0 Å². The van der Waals surface area contributed by atoms with Crippen molar-refractivity contribution in [3.63, 3.8) is 0 Å². The van der Waals surface area contributed by atoms with Gasteiger partial charge in [-0.25, -0.2) is 0 Å². The molecule has 2 unspecified atom stereocenters. The first-order valence-electron chi connectivity index (χ1n) is 7.90. The lowest BCUT2D eigenvalue weighted by Crippen LogP contribution is -2.22. The third-order valence-electron chi connectivity index (χ3n) is 3.93. The Kier molecular flexibility index (Phi) is 7.31. The molecule has 2 rings (SSSR count). The standard InChI is InChI=1S/C17H26INO/c1-2-11-19-17(14-6-3-7-15(18)13-14)10-4-8-16-9-5-12-20-16/h3,6-7,13,16-17,19H,2,4-5,8-12H2,1H3. The van der Waals surface area contributed by atoms with Crippen molar-refractivity contribution in [1.82, 2.24) is 5.32 Å². The van der Waals surface area contributed by atoms with Crippen molar-refractivity contribution in [2.24, 2.45) is 0 Å². The molecule has 1 aromatic rings. The highest BCUT2D eigenvalue weighted by Crippen LogP contribution is 2.24. The molecule has 1 saturated heterocycles. The minimum absolute atomic E-state index is 0.492. The molecule has 0 saturated carbocycles. The zero-order valence-electron chi connectivity index (χ0n) is 12.4. The molecular weight excluding hydrogens is 361 g/mol. The summed E-state index contributed by atoms with van der Waals surface area (Å²) in [6, 6.07) is 9.37. The zero-order chi connectivity index (χ0) is 14.2. The fraction of sp³-hybridized carbons (Fsp3) is 0.647. The van der Waals surface area contributed by atoms with Gasteiger partial charge in [-0.15, -0.1) is 0 Å². The average Bonchev–Trinajstić information content (AvgIpc) is 2.96. The van der Waals surface area contributed by atoms with E-state index in [1.54, 1.807) is 0 Å². The molecule has 0 radical (unpaired) electrons. The Balaban J connectivity index is 1.85. The molecule has 0 aliphatic carbocycles. The number of hydrogen-bond acceptors (Lipinski definition) is 2. The van der Waals surface area contributed by atoms with Crippen molar-refractivity contribution in [1.29, 1.82) is 0 Å². The van der Waals surface area contributed by atoms with E-state index in [9.17, 15) is 0 Å². The monoisotopic (exact) mass is 387 g/mol. The molecule has 1 N–H and O–H groups in total. The highest BCUT2D eigenvalue weighted by molar-refractivity contribution is 14.1. The van der Waals surface area contributed by atoms with Gasteiger partial charge < -0.3 is 10.1 Å². The van der Waals surface area contributed by atoms with Crippen molar-refractivity contribution in [3.8, 4) is 0 Å². The topological polar surface area (TPSA) is 21.3 Å². The number of nitrogens with one attached hydrogen (secondary N) is 1. The summed E-state index contributed by atoms with van der Waals surface area (Å²) in [6.45, 7) is 4.29. The summed E-state index contributed by atoms with van der Waals surface area (Å²) in [7, 11) is 0. The summed E-state index contributed by atoms with van der Waals surface area (Å²) in [5.74, 6) is 0. The van der Waals surface area contributed by atoms with Gasteiger partial charge in [-0.1, -0.05) is 19.1 Å². The Morgan fingerprint density at radius 1 is 1.45 bits per heavy atom. The van der Waals surface area contributed by atoms with Crippen LogP contribution in [0.25, 0.3) is 0 Å². The van der Waals surface area contributed by atoms with Crippen molar-refractivity contribution in [3.05, 3.63) is 33.4 Å². The summed E-state index contributed by atoms with van der Waals surface area (Å²) in [5.41, 5.74) is 1.43. The van der Waals surface area contributed by atoms with Crippen LogP contribution in [0, 0.1) is 3.57 Å². The van der Waals surface area contributed by atoms with E-state index in [0.29, 0.717) is 12.1 Å². The van der Waals surface area contributed by atoms with Crippen LogP contribution in [0.2, 0.25) is 0 Å². The van der Waals surface area contributed by atoms with Crippen LogP contribution in [0.5, 0.6) is 0 Å². The third kappa shape index (κ3) is 5.34. The number of hydrogen-bond donors (Lipinski definition) is 1. The van der Waals surface area contributed by atoms with E-state index in [-0.39, 0.29) is 0 Å². The molecule has 0 aromatic heterocycles. The summed E-state index contributed by atoms with van der Waals surface area (Å²) < 4.78 is 7.04. The lowest BCUT2D eigenvalue weighted by molar-refractivity contribution is 0.101. The van der Waals surface area contributed by atoms with Crippen LogP contribution in [-0.2, 0) is 4.74 Å². The van der Waals surface area contributed by atoms with E-state index >= 15 is 0 Å². The van der Waals surface area contributed by atoms with Crippen LogP contribution >= 0.6 is 22.6 Å². The summed E-state index contributed by atoms with van der Waals surface area (Å²) in [6.07, 6.45) is 7.89. The highest BCUT2D eigenvalue weighted by Gasteiger charge is 2.16. The molecule has 2 atom stereocenters. The first kappa shape index (κ1) is 16.2. The molecule has 1 aromatic carbocycles. The molecule has 1 heterocycles. The quantitative estimate of drug-likeness (QED) is 0.654. The predicted molar refractivity (Wildman–Crippen MR) is 93.0 cm³/mol. The Hall–Kier alpha value is -0.130. The first-order valence-corrected chi connectivity index (χ1v) is 8.98. The minimum Gasteiger partial charge on any atom is -0.378 e. The number of halogens is 1. The molecule has 1 aliphatic heterocycles. The molecule has 1 aliphatic rings. The summed E-state index contributed by atoms with van der Waals surface area (Å²) >= 11 is 2.40. The maximum atomic E-state index is 5.72. The second-order valence-electron chi connectivity index (χ2n) is 5.63. The molecule has 20 heavy (non-hydrogen) atoms. The molecule has 112 valence electrons. The number of ether oxygens (including phenoxy) is 1. The van der Waals surface area contributed by atoms with Crippen molar-refractivity contribution in [2.45, 2.75) is 57.6 Å². The third-order valence-corrected chi connectivity index (χ3v) is 4.61. The second-order valence-corrected chi connectivity index (χ2v) is 6.87. The highest BCUT2D eigenvalue weighted by atomic mass is 127. The van der Waals surface area contributed by atoms with E-state index < -0.39 is 0 Å². The SMILES string of the molecule is CCCNC(CCCC1CCCO1)c1cccc(I)c1. The number of rotatable bonds is 8. The maximum absolute atomic E-state index is 5.72. The van der Waals surface area contributed by atoms with E-state index in [0.717, 1.165) is 13.2 Å². The average molecular weight is 387 g/mol. The van der Waals surface area contributed by atoms with Gasteiger partial charge in [0.2, 0.25) is 0 Å². The molecule has 2 nitrogen and oxygen atoms in total. The fourth-order valence-electron chi connectivity index (χ4n) is 2.85. The lowest BCUT2D eigenvalue weighted by Gasteiger charge is -2.20. The molecule has 3 heteroatoms. The van der Waals surface area contributed by atoms with E-state index in [4.69, 9.17) is 4.74 Å². The van der Waals surface area contributed by atoms with Gasteiger partial charge in [0, 0.05) is 16.2 Å². The Morgan fingerprint density at radius 3 is 3.05 bits per heavy atom. The van der Waals surface area contributed by atoms with Crippen LogP contribution < -0.4 is 5.32 Å². The van der Waals surface area contributed by atoms with Crippen molar-refractivity contribution < 1.29 is 4.74 Å². The van der Waals surface area contributed by atoms with Gasteiger partial charge in [-0.2, -0.15) is 0 Å². The van der Waals surface area contributed by atoms with E-state index in [2.05, 4.69) is 59.1 Å². The lowest BCUT2D eigenvalue weighted by atomic mass is 9.99. The Morgan fingerprint density at radius 2 is 2.35 bits per heavy atom. The zero-order valence-corrected chi connectivity index (χ0v) is 14.6. The normalized spacial score (nSPS) is 20.2. The van der Waals surface area contributed by atoms with Crippen LogP contribution in [-0.4, -0.2) is 19.3 Å². The molecular formula is C17H26INO. The number of benzene rings is 1. The molecule has 0 bridgehead atoms. The van der Waals surface area contributed by atoms with Gasteiger partial charge in [-0.05, 0) is 85.4 Å². The van der Waals surface area contributed by atoms with Crippen molar-refractivity contribution >= 4 is 22.6 Å². The van der Waals surface area contributed by atoms with Crippen molar-refractivity contribution in [2.75, 3.05) is 13.2 Å². The first-order chi connectivity index (χ1) is 9.79. The van der Waals surface area contributed by atoms with Crippen LogP contribution in [0.4, 0.5) is 0 Å². The van der Waals surface area contributed by atoms with E-state index in [1.165, 1.54) is 47.7 Å². The summed E-state index contributed by atoms with van der Waals surface area (Å²) in [5, 5.41) is 3.69.